The zero-order valence-electron chi connectivity index (χ0n) is 14.6. The highest BCUT2D eigenvalue weighted by molar-refractivity contribution is 5.85. The first-order valence-electron chi connectivity index (χ1n) is 8.51. The van der Waals surface area contributed by atoms with Crippen LogP contribution >= 0.6 is 0 Å². The van der Waals surface area contributed by atoms with Gasteiger partial charge in [-0.25, -0.2) is 4.98 Å². The first-order chi connectivity index (χ1) is 12.1. The summed E-state index contributed by atoms with van der Waals surface area (Å²) in [5.74, 6) is 0.453. The summed E-state index contributed by atoms with van der Waals surface area (Å²) in [6.07, 6.45) is 6.23. The Morgan fingerprint density at radius 1 is 1.32 bits per heavy atom. The van der Waals surface area contributed by atoms with Gasteiger partial charge in [-0.3, -0.25) is 14.6 Å². The summed E-state index contributed by atoms with van der Waals surface area (Å²) in [7, 11) is 0. The average molecular weight is 341 g/mol. The molecular formula is C18H23N5O2. The highest BCUT2D eigenvalue weighted by Crippen LogP contribution is 2.26. The minimum atomic E-state index is -0.413. The van der Waals surface area contributed by atoms with Crippen LogP contribution in [0.15, 0.2) is 30.7 Å². The van der Waals surface area contributed by atoms with Crippen LogP contribution in [0.3, 0.4) is 0 Å². The van der Waals surface area contributed by atoms with Crippen LogP contribution in [0.1, 0.15) is 36.3 Å². The van der Waals surface area contributed by atoms with Crippen LogP contribution < -0.4 is 5.32 Å². The number of carbonyl (C=O) groups excluding carboxylic acids is 2. The van der Waals surface area contributed by atoms with Gasteiger partial charge >= 0.3 is 0 Å². The predicted octanol–water partition coefficient (Wildman–Crippen LogP) is 1.24. The smallest absolute Gasteiger partial charge is 0.230 e. The molecule has 0 spiro atoms. The molecule has 0 saturated heterocycles. The van der Waals surface area contributed by atoms with Gasteiger partial charge in [-0.1, -0.05) is 6.07 Å². The Morgan fingerprint density at radius 2 is 2.16 bits per heavy atom. The highest BCUT2D eigenvalue weighted by atomic mass is 16.2. The zero-order valence-corrected chi connectivity index (χ0v) is 14.6. The molecule has 25 heavy (non-hydrogen) atoms. The zero-order chi connectivity index (χ0) is 17.8. The topological polar surface area (TPSA) is 80.1 Å². The van der Waals surface area contributed by atoms with Crippen molar-refractivity contribution in [3.05, 3.63) is 47.8 Å². The molecule has 2 aromatic heterocycles. The third kappa shape index (κ3) is 3.87. The number of carbonyl (C=O) groups is 2. The fourth-order valence-corrected chi connectivity index (χ4v) is 3.15. The minimum absolute atomic E-state index is 0.0251. The fourth-order valence-electron chi connectivity index (χ4n) is 3.15. The van der Waals surface area contributed by atoms with Crippen molar-refractivity contribution in [1.82, 2.24) is 24.8 Å². The van der Waals surface area contributed by atoms with Crippen LogP contribution in [0, 0.1) is 6.92 Å². The number of aromatic nitrogens is 3. The molecule has 0 fully saturated rings. The van der Waals surface area contributed by atoms with Crippen molar-refractivity contribution in [2.75, 3.05) is 13.1 Å². The molecule has 3 heterocycles. The molecule has 3 rings (SSSR count). The number of hydrogen-bond acceptors (Lipinski definition) is 4. The third-order valence-corrected chi connectivity index (χ3v) is 4.58. The van der Waals surface area contributed by atoms with Crippen molar-refractivity contribution in [1.29, 1.82) is 0 Å². The van der Waals surface area contributed by atoms with Crippen LogP contribution in [-0.2, 0) is 22.7 Å². The van der Waals surface area contributed by atoms with Crippen molar-refractivity contribution >= 4 is 11.8 Å². The Kier molecular flexibility index (Phi) is 5.11. The van der Waals surface area contributed by atoms with Gasteiger partial charge in [0, 0.05) is 51.7 Å². The number of fused-ring (bicyclic) bond motifs is 1. The number of rotatable bonds is 5. The molecule has 132 valence electrons. The first-order valence-corrected chi connectivity index (χ1v) is 8.51. The lowest BCUT2D eigenvalue weighted by Crippen LogP contribution is -2.43. The van der Waals surface area contributed by atoms with E-state index in [1.165, 1.54) is 6.92 Å². The summed E-state index contributed by atoms with van der Waals surface area (Å²) in [4.78, 5) is 34.7. The fraction of sp³-hybridized carbons (Fsp3) is 0.444. The monoisotopic (exact) mass is 341 g/mol. The molecule has 1 N–H and O–H groups in total. The summed E-state index contributed by atoms with van der Waals surface area (Å²) in [6.45, 7) is 5.78. The van der Waals surface area contributed by atoms with E-state index in [1.54, 1.807) is 17.3 Å². The van der Waals surface area contributed by atoms with Crippen LogP contribution in [0.2, 0.25) is 0 Å². The normalized spacial score (nSPS) is 16.4. The number of imidazole rings is 1. The Hall–Kier alpha value is -2.70. The second kappa shape index (κ2) is 7.46. The van der Waals surface area contributed by atoms with Gasteiger partial charge in [0.1, 0.15) is 5.82 Å². The molecule has 0 aliphatic carbocycles. The van der Waals surface area contributed by atoms with E-state index in [-0.39, 0.29) is 11.8 Å². The minimum Gasteiger partial charge on any atom is -0.355 e. The van der Waals surface area contributed by atoms with E-state index in [9.17, 15) is 9.59 Å². The number of nitrogens with one attached hydrogen (secondary N) is 1. The lowest BCUT2D eigenvalue weighted by atomic mass is 9.94. The molecule has 0 bridgehead atoms. The van der Waals surface area contributed by atoms with Crippen LogP contribution in [0.25, 0.3) is 0 Å². The summed E-state index contributed by atoms with van der Waals surface area (Å²) < 4.78 is 2.06. The van der Waals surface area contributed by atoms with E-state index in [2.05, 4.69) is 19.9 Å². The second-order valence-corrected chi connectivity index (χ2v) is 6.31. The van der Waals surface area contributed by atoms with Crippen molar-refractivity contribution in [3.8, 4) is 0 Å². The summed E-state index contributed by atoms with van der Waals surface area (Å²) in [6, 6.07) is 3.77. The van der Waals surface area contributed by atoms with Gasteiger partial charge in [-0.15, -0.1) is 0 Å². The molecule has 1 atom stereocenters. The van der Waals surface area contributed by atoms with Gasteiger partial charge in [0.15, 0.2) is 0 Å². The Morgan fingerprint density at radius 3 is 2.88 bits per heavy atom. The maximum absolute atomic E-state index is 12.6. The Balaban J connectivity index is 1.60. The van der Waals surface area contributed by atoms with Crippen molar-refractivity contribution in [2.45, 2.75) is 39.3 Å². The number of hydrogen-bond donors (Lipinski definition) is 1. The van der Waals surface area contributed by atoms with E-state index < -0.39 is 5.92 Å². The SMILES string of the molecule is CC(=O)N1Cc2cccnc2C(C(=O)NCCCn2ccnc2C)C1. The maximum Gasteiger partial charge on any atom is 0.230 e. The molecule has 2 aromatic rings. The van der Waals surface area contributed by atoms with Gasteiger partial charge < -0.3 is 14.8 Å². The lowest BCUT2D eigenvalue weighted by Gasteiger charge is -2.32. The Bertz CT molecular complexity index is 770. The Labute approximate surface area is 147 Å². The third-order valence-electron chi connectivity index (χ3n) is 4.58. The van der Waals surface area contributed by atoms with Crippen LogP contribution in [-0.4, -0.2) is 44.3 Å². The van der Waals surface area contributed by atoms with Gasteiger partial charge in [0.25, 0.3) is 0 Å². The average Bonchev–Trinajstić information content (AvgIpc) is 3.02. The molecule has 0 radical (unpaired) electrons. The standard InChI is InChI=1S/C18H23N5O2/c1-13-19-8-10-22(13)9-4-7-21-18(25)16-12-23(14(2)24)11-15-5-3-6-20-17(15)16/h3,5-6,8,10,16H,4,7,9,11-12H2,1-2H3,(H,21,25). The first kappa shape index (κ1) is 17.1. The van der Waals surface area contributed by atoms with Crippen molar-refractivity contribution in [2.24, 2.45) is 0 Å². The largest absolute Gasteiger partial charge is 0.355 e. The van der Waals surface area contributed by atoms with Gasteiger partial charge in [-0.2, -0.15) is 0 Å². The number of amides is 2. The molecule has 1 aliphatic rings. The molecule has 1 unspecified atom stereocenters. The second-order valence-electron chi connectivity index (χ2n) is 6.31. The molecule has 7 nitrogen and oxygen atoms in total. The summed E-state index contributed by atoms with van der Waals surface area (Å²) in [5.41, 5.74) is 1.72. The molecule has 0 aromatic carbocycles. The van der Waals surface area contributed by atoms with Crippen molar-refractivity contribution < 1.29 is 9.59 Å². The van der Waals surface area contributed by atoms with Gasteiger partial charge in [0.05, 0.1) is 11.6 Å². The molecule has 0 saturated carbocycles. The number of aryl methyl sites for hydroxylation is 2. The van der Waals surface area contributed by atoms with E-state index in [0.717, 1.165) is 30.0 Å². The lowest BCUT2D eigenvalue weighted by molar-refractivity contribution is -0.131. The van der Waals surface area contributed by atoms with E-state index in [4.69, 9.17) is 0 Å². The van der Waals surface area contributed by atoms with Gasteiger partial charge in [0.2, 0.25) is 11.8 Å². The summed E-state index contributed by atoms with van der Waals surface area (Å²) >= 11 is 0. The maximum atomic E-state index is 12.6. The van der Waals surface area contributed by atoms with Crippen molar-refractivity contribution in [3.63, 3.8) is 0 Å². The molecule has 1 aliphatic heterocycles. The molecule has 2 amide bonds. The summed E-state index contributed by atoms with van der Waals surface area (Å²) in [5, 5.41) is 2.98. The molecule has 7 heteroatoms. The molecular weight excluding hydrogens is 318 g/mol. The quantitative estimate of drug-likeness (QED) is 0.830. The predicted molar refractivity (Wildman–Crippen MR) is 92.7 cm³/mol. The van der Waals surface area contributed by atoms with E-state index in [1.807, 2.05) is 25.3 Å². The highest BCUT2D eigenvalue weighted by Gasteiger charge is 2.32. The van der Waals surface area contributed by atoms with Gasteiger partial charge in [-0.05, 0) is 25.0 Å². The number of pyridine rings is 1. The number of nitrogens with zero attached hydrogens (tertiary/aromatic N) is 4. The van der Waals surface area contributed by atoms with E-state index in [0.29, 0.717) is 19.6 Å². The van der Waals surface area contributed by atoms with Crippen LogP contribution in [0.4, 0.5) is 0 Å². The van der Waals surface area contributed by atoms with Crippen LogP contribution in [0.5, 0.6) is 0 Å². The van der Waals surface area contributed by atoms with E-state index >= 15 is 0 Å².